The molecule has 0 amide bonds. The van der Waals surface area contributed by atoms with Gasteiger partial charge in [0, 0.05) is 15.5 Å². The Balaban J connectivity index is 2.44. The van der Waals surface area contributed by atoms with Gasteiger partial charge in [-0.15, -0.1) is 0 Å². The minimum absolute atomic E-state index is 0.298. The fourth-order valence-electron chi connectivity index (χ4n) is 1.77. The minimum atomic E-state index is -0.623. The first-order valence-electron chi connectivity index (χ1n) is 4.59. The highest BCUT2D eigenvalue weighted by atomic mass is 79.9. The van der Waals surface area contributed by atoms with E-state index in [1.165, 1.54) is 6.07 Å². The van der Waals surface area contributed by atoms with Crippen molar-refractivity contribution in [1.29, 1.82) is 0 Å². The highest BCUT2D eigenvalue weighted by Gasteiger charge is 2.47. The van der Waals surface area contributed by atoms with E-state index in [1.807, 2.05) is 0 Å². The zero-order chi connectivity index (χ0) is 11.1. The summed E-state index contributed by atoms with van der Waals surface area (Å²) in [7, 11) is 0. The van der Waals surface area contributed by atoms with Crippen LogP contribution in [-0.2, 0) is 10.3 Å². The summed E-state index contributed by atoms with van der Waals surface area (Å²) in [5, 5.41) is 9.63. The Morgan fingerprint density at radius 2 is 2.20 bits per heavy atom. The number of rotatable bonds is 3. The summed E-state index contributed by atoms with van der Waals surface area (Å²) in [4.78, 5) is 4.61. The molecule has 0 heterocycles. The van der Waals surface area contributed by atoms with Gasteiger partial charge in [-0.25, -0.2) is 10.3 Å². The van der Waals surface area contributed by atoms with Crippen LogP contribution in [0.15, 0.2) is 16.6 Å². The summed E-state index contributed by atoms with van der Waals surface area (Å²) in [5.74, 6) is 4.11. The molecule has 0 radical (unpaired) electrons. The molecule has 0 unspecified atom stereocenters. The van der Waals surface area contributed by atoms with E-state index < -0.39 is 5.82 Å². The third-order valence-electron chi connectivity index (χ3n) is 2.81. The van der Waals surface area contributed by atoms with E-state index in [0.29, 0.717) is 16.6 Å². The molecule has 0 bridgehead atoms. The van der Waals surface area contributed by atoms with Crippen molar-refractivity contribution in [3.63, 3.8) is 0 Å². The quantitative estimate of drug-likeness (QED) is 0.832. The van der Waals surface area contributed by atoms with Crippen molar-refractivity contribution in [2.45, 2.75) is 18.3 Å². The summed E-state index contributed by atoms with van der Waals surface area (Å²) >= 11 is 3.20. The van der Waals surface area contributed by atoms with Crippen LogP contribution < -0.4 is 5.90 Å². The van der Waals surface area contributed by atoms with Gasteiger partial charge >= 0.3 is 0 Å². The number of hydrogen-bond acceptors (Lipinski definition) is 3. The molecule has 5 heteroatoms. The Bertz CT molecular complexity index is 393. The lowest BCUT2D eigenvalue weighted by Crippen LogP contribution is -2.18. The van der Waals surface area contributed by atoms with Crippen molar-refractivity contribution in [1.82, 2.24) is 0 Å². The maximum absolute atomic E-state index is 13.3. The molecule has 1 aliphatic carbocycles. The van der Waals surface area contributed by atoms with Crippen LogP contribution in [0.2, 0.25) is 0 Å². The van der Waals surface area contributed by atoms with Gasteiger partial charge in [0.05, 0.1) is 6.61 Å². The zero-order valence-electron chi connectivity index (χ0n) is 7.96. The lowest BCUT2D eigenvalue weighted by Gasteiger charge is -2.16. The van der Waals surface area contributed by atoms with Gasteiger partial charge in [0.1, 0.15) is 0 Å². The second-order valence-electron chi connectivity index (χ2n) is 3.88. The van der Waals surface area contributed by atoms with Crippen LogP contribution in [0.3, 0.4) is 0 Å². The van der Waals surface area contributed by atoms with Gasteiger partial charge in [0.25, 0.3) is 0 Å². The molecule has 82 valence electrons. The van der Waals surface area contributed by atoms with E-state index in [9.17, 15) is 9.50 Å². The van der Waals surface area contributed by atoms with Gasteiger partial charge in [-0.1, -0.05) is 15.9 Å². The molecule has 0 aromatic heterocycles. The first-order chi connectivity index (χ1) is 7.09. The Hall–Kier alpha value is -0.650. The van der Waals surface area contributed by atoms with E-state index in [2.05, 4.69) is 20.8 Å². The fourth-order valence-corrected chi connectivity index (χ4v) is 2.20. The second kappa shape index (κ2) is 3.73. The van der Waals surface area contributed by atoms with Crippen LogP contribution in [0.1, 0.15) is 18.4 Å². The largest absolute Gasteiger partial charge is 0.505 e. The number of phenols is 1. The topological polar surface area (TPSA) is 55.5 Å². The van der Waals surface area contributed by atoms with E-state index >= 15 is 0 Å². The molecule has 15 heavy (non-hydrogen) atoms. The normalized spacial score (nSPS) is 17.8. The van der Waals surface area contributed by atoms with Crippen LogP contribution >= 0.6 is 15.9 Å². The summed E-state index contributed by atoms with van der Waals surface area (Å²) in [6.45, 7) is 0.302. The van der Waals surface area contributed by atoms with Crippen molar-refractivity contribution in [2.24, 2.45) is 5.90 Å². The summed E-state index contributed by atoms with van der Waals surface area (Å²) in [6.07, 6.45) is 1.71. The van der Waals surface area contributed by atoms with Gasteiger partial charge in [0.15, 0.2) is 11.6 Å². The molecule has 3 N–H and O–H groups in total. The zero-order valence-corrected chi connectivity index (χ0v) is 9.55. The first-order valence-corrected chi connectivity index (χ1v) is 5.38. The molecule has 1 aromatic rings. The first kappa shape index (κ1) is 10.9. The van der Waals surface area contributed by atoms with Crippen molar-refractivity contribution >= 4 is 15.9 Å². The molecule has 1 fully saturated rings. The van der Waals surface area contributed by atoms with Crippen molar-refractivity contribution in [2.75, 3.05) is 6.61 Å². The Morgan fingerprint density at radius 3 is 2.73 bits per heavy atom. The monoisotopic (exact) mass is 275 g/mol. The third-order valence-corrected chi connectivity index (χ3v) is 3.27. The van der Waals surface area contributed by atoms with E-state index in [1.54, 1.807) is 6.07 Å². The minimum Gasteiger partial charge on any atom is -0.505 e. The van der Waals surface area contributed by atoms with Gasteiger partial charge in [-0.3, -0.25) is 0 Å². The van der Waals surface area contributed by atoms with E-state index in [4.69, 9.17) is 5.90 Å². The third kappa shape index (κ3) is 1.87. The van der Waals surface area contributed by atoms with Crippen molar-refractivity contribution in [3.8, 4) is 5.75 Å². The highest BCUT2D eigenvalue weighted by Crippen LogP contribution is 2.52. The van der Waals surface area contributed by atoms with Gasteiger partial charge in [-0.2, -0.15) is 0 Å². The standard InChI is InChI=1S/C10H11BrFNO2/c11-6-3-7(9(14)8(12)4-6)10(1-2-10)5-15-13/h3-4,14H,1-2,5,13H2. The maximum atomic E-state index is 13.3. The smallest absolute Gasteiger partial charge is 0.166 e. The molecule has 3 nitrogen and oxygen atoms in total. The van der Waals surface area contributed by atoms with Crippen LogP contribution in [0.25, 0.3) is 0 Å². The molecule has 0 atom stereocenters. The number of nitrogens with two attached hydrogens (primary N) is 1. The molecule has 0 saturated heterocycles. The molecule has 1 saturated carbocycles. The van der Waals surface area contributed by atoms with E-state index in [-0.39, 0.29) is 11.2 Å². The SMILES string of the molecule is NOCC1(c2cc(Br)cc(F)c2O)CC1. The summed E-state index contributed by atoms with van der Waals surface area (Å²) in [5.41, 5.74) is 0.267. The lowest BCUT2D eigenvalue weighted by molar-refractivity contribution is 0.115. The molecule has 1 aliphatic rings. The lowest BCUT2D eigenvalue weighted by atomic mass is 9.96. The fraction of sp³-hybridized carbons (Fsp3) is 0.400. The number of halogens is 2. The number of benzene rings is 1. The van der Waals surface area contributed by atoms with Gasteiger partial charge in [0.2, 0.25) is 0 Å². The Kier molecular flexibility index (Phi) is 2.70. The number of hydrogen-bond donors (Lipinski definition) is 2. The van der Waals surface area contributed by atoms with Crippen molar-refractivity contribution < 1.29 is 14.3 Å². The van der Waals surface area contributed by atoms with Crippen molar-refractivity contribution in [3.05, 3.63) is 28.0 Å². The summed E-state index contributed by atoms with van der Waals surface area (Å²) in [6, 6.07) is 2.95. The second-order valence-corrected chi connectivity index (χ2v) is 4.79. The molecule has 0 aliphatic heterocycles. The van der Waals surface area contributed by atoms with Crippen LogP contribution in [0, 0.1) is 5.82 Å². The van der Waals surface area contributed by atoms with Crippen LogP contribution in [0.4, 0.5) is 4.39 Å². The Morgan fingerprint density at radius 1 is 1.53 bits per heavy atom. The average Bonchev–Trinajstić information content (AvgIpc) is 2.93. The molecular formula is C10H11BrFNO2. The molecular weight excluding hydrogens is 265 g/mol. The average molecular weight is 276 g/mol. The molecule has 0 spiro atoms. The molecule has 2 rings (SSSR count). The van der Waals surface area contributed by atoms with Crippen LogP contribution in [-0.4, -0.2) is 11.7 Å². The molecule has 1 aromatic carbocycles. The van der Waals surface area contributed by atoms with Crippen LogP contribution in [0.5, 0.6) is 5.75 Å². The number of aromatic hydroxyl groups is 1. The van der Waals surface area contributed by atoms with E-state index in [0.717, 1.165) is 12.8 Å². The number of phenolic OH excluding ortho intramolecular Hbond substituents is 1. The summed E-state index contributed by atoms with van der Waals surface area (Å²) < 4.78 is 13.9. The Labute approximate surface area is 95.1 Å². The van der Waals surface area contributed by atoms with Gasteiger partial charge < -0.3 is 9.94 Å². The highest BCUT2D eigenvalue weighted by molar-refractivity contribution is 9.10. The predicted molar refractivity (Wildman–Crippen MR) is 56.8 cm³/mol. The van der Waals surface area contributed by atoms with Gasteiger partial charge in [-0.05, 0) is 25.0 Å². The predicted octanol–water partition coefficient (Wildman–Crippen LogP) is 2.22. The maximum Gasteiger partial charge on any atom is 0.166 e.